The van der Waals surface area contributed by atoms with Gasteiger partial charge in [-0.15, -0.1) is 5.48 Å². The molecule has 112 valence electrons. The Kier molecular flexibility index (Phi) is 4.91. The van der Waals surface area contributed by atoms with Crippen molar-refractivity contribution in [2.75, 3.05) is 0 Å². The normalized spacial score (nSPS) is 19.1. The summed E-state index contributed by atoms with van der Waals surface area (Å²) >= 11 is 0. The zero-order chi connectivity index (χ0) is 15.2. The molecule has 0 amide bonds. The van der Waals surface area contributed by atoms with E-state index in [4.69, 9.17) is 21.7 Å². The van der Waals surface area contributed by atoms with Crippen molar-refractivity contribution in [3.63, 3.8) is 0 Å². The molecule has 0 bridgehead atoms. The summed E-state index contributed by atoms with van der Waals surface area (Å²) in [5.41, 5.74) is 15.1. The Bertz CT molecular complexity index is 572. The zero-order valence-electron chi connectivity index (χ0n) is 11.3. The van der Waals surface area contributed by atoms with Gasteiger partial charge in [0.1, 0.15) is 24.0 Å². The van der Waals surface area contributed by atoms with Crippen molar-refractivity contribution in [2.24, 2.45) is 11.5 Å². The van der Waals surface area contributed by atoms with Crippen molar-refractivity contribution in [1.82, 2.24) is 10.8 Å². The Morgan fingerprint density at radius 2 is 2.29 bits per heavy atom. The van der Waals surface area contributed by atoms with Gasteiger partial charge in [-0.2, -0.15) is 0 Å². The number of nitrogens with two attached hydrogens (primary N) is 2. The molecule has 2 rings (SSSR count). The van der Waals surface area contributed by atoms with E-state index in [0.29, 0.717) is 11.3 Å². The molecule has 0 saturated heterocycles. The lowest BCUT2D eigenvalue weighted by atomic mass is 10.1. The van der Waals surface area contributed by atoms with Crippen LogP contribution in [0, 0.1) is 11.2 Å². The smallest absolute Gasteiger partial charge is 0.128 e. The van der Waals surface area contributed by atoms with E-state index in [2.05, 4.69) is 10.8 Å². The molecule has 21 heavy (non-hydrogen) atoms. The summed E-state index contributed by atoms with van der Waals surface area (Å²) < 4.78 is 13.6. The number of nitrogens with one attached hydrogen (secondary N) is 3. The van der Waals surface area contributed by atoms with Crippen molar-refractivity contribution >= 4 is 5.84 Å². The Hall–Kier alpha value is -2.38. The summed E-state index contributed by atoms with van der Waals surface area (Å²) in [5, 5.41) is 10.4. The molecule has 7 heteroatoms. The Balaban J connectivity index is 2.11. The second-order valence-electron chi connectivity index (χ2n) is 4.59. The number of hydroxylamine groups is 1. The zero-order valence-corrected chi connectivity index (χ0v) is 11.3. The van der Waals surface area contributed by atoms with Crippen LogP contribution in [0.1, 0.15) is 5.56 Å². The molecule has 0 aromatic heterocycles. The molecule has 1 aromatic carbocycles. The fourth-order valence-corrected chi connectivity index (χ4v) is 1.83. The van der Waals surface area contributed by atoms with Crippen molar-refractivity contribution in [3.8, 4) is 0 Å². The van der Waals surface area contributed by atoms with Gasteiger partial charge in [0, 0.05) is 17.8 Å². The first-order valence-corrected chi connectivity index (χ1v) is 6.44. The molecule has 1 heterocycles. The minimum Gasteiger partial charge on any atom is -0.416 e. The summed E-state index contributed by atoms with van der Waals surface area (Å²) in [7, 11) is 0. The molecule has 7 N–H and O–H groups in total. The predicted octanol–water partition coefficient (Wildman–Crippen LogP) is 0.480. The first-order valence-electron chi connectivity index (χ1n) is 6.44. The quantitative estimate of drug-likeness (QED) is 0.387. The van der Waals surface area contributed by atoms with E-state index in [1.165, 1.54) is 12.3 Å². The van der Waals surface area contributed by atoms with Crippen LogP contribution in [-0.2, 0) is 11.4 Å². The third-order valence-corrected chi connectivity index (χ3v) is 3.03. The third-order valence-electron chi connectivity index (χ3n) is 3.03. The highest BCUT2D eigenvalue weighted by Crippen LogP contribution is 2.11. The summed E-state index contributed by atoms with van der Waals surface area (Å²) in [4.78, 5) is 4.94. The van der Waals surface area contributed by atoms with Crippen molar-refractivity contribution in [1.29, 1.82) is 5.41 Å². The predicted molar refractivity (Wildman–Crippen MR) is 78.4 cm³/mol. The van der Waals surface area contributed by atoms with Crippen molar-refractivity contribution < 1.29 is 9.23 Å². The Morgan fingerprint density at radius 3 is 2.90 bits per heavy atom. The molecule has 0 saturated carbocycles. The minimum atomic E-state index is -0.719. The molecule has 1 aliphatic rings. The number of rotatable bonds is 6. The van der Waals surface area contributed by atoms with E-state index in [-0.39, 0.29) is 24.2 Å². The van der Waals surface area contributed by atoms with Gasteiger partial charge in [0.2, 0.25) is 0 Å². The molecular weight excluding hydrogens is 273 g/mol. The highest BCUT2D eigenvalue weighted by atomic mass is 19.1. The first kappa shape index (κ1) is 15.0. The van der Waals surface area contributed by atoms with Crippen LogP contribution in [0.3, 0.4) is 0 Å². The molecule has 1 aliphatic heterocycles. The topological polar surface area (TPSA) is 109 Å². The van der Waals surface area contributed by atoms with E-state index in [9.17, 15) is 4.39 Å². The van der Waals surface area contributed by atoms with E-state index < -0.39 is 6.04 Å². The van der Waals surface area contributed by atoms with Gasteiger partial charge in [-0.1, -0.05) is 18.2 Å². The molecule has 6 nitrogen and oxygen atoms in total. The number of hydrogen-bond donors (Lipinski definition) is 5. The first-order chi connectivity index (χ1) is 10.1. The van der Waals surface area contributed by atoms with Gasteiger partial charge in [0.05, 0.1) is 6.04 Å². The lowest BCUT2D eigenvalue weighted by Crippen LogP contribution is -2.38. The van der Waals surface area contributed by atoms with E-state index in [1.807, 2.05) is 0 Å². The standard InChI is InChI=1S/C14H18FN5O/c15-10-4-2-1-3-9(10)8-19-13(7-11(16)14(17)18)12-5-6-21-20-12/h1-7,11-12,19-20H,8,16H2,(H3,17,18)/b13-7-. The molecule has 1 aromatic rings. The van der Waals surface area contributed by atoms with Crippen LogP contribution < -0.4 is 22.3 Å². The fraction of sp³-hybridized carbons (Fsp3) is 0.214. The van der Waals surface area contributed by atoms with Crippen LogP contribution in [0.5, 0.6) is 0 Å². The molecule has 2 atom stereocenters. The molecule has 0 spiro atoms. The van der Waals surface area contributed by atoms with Gasteiger partial charge in [0.15, 0.2) is 0 Å². The monoisotopic (exact) mass is 291 g/mol. The largest absolute Gasteiger partial charge is 0.416 e. The molecule has 2 unspecified atom stereocenters. The number of hydrogen-bond acceptors (Lipinski definition) is 5. The van der Waals surface area contributed by atoms with Gasteiger partial charge < -0.3 is 21.6 Å². The summed E-state index contributed by atoms with van der Waals surface area (Å²) in [6.07, 6.45) is 4.88. The maximum absolute atomic E-state index is 13.6. The van der Waals surface area contributed by atoms with E-state index in [0.717, 1.165) is 0 Å². The van der Waals surface area contributed by atoms with Crippen molar-refractivity contribution in [3.05, 3.63) is 59.8 Å². The van der Waals surface area contributed by atoms with E-state index in [1.54, 1.807) is 30.4 Å². The maximum Gasteiger partial charge on any atom is 0.128 e. The fourth-order valence-electron chi connectivity index (χ4n) is 1.83. The lowest BCUT2D eigenvalue weighted by molar-refractivity contribution is 0.148. The SMILES string of the molecule is N=C(N)C(N)/C=C(\NCc1ccccc1F)C1C=CON1. The number of amidine groups is 1. The Morgan fingerprint density at radius 1 is 1.52 bits per heavy atom. The minimum absolute atomic E-state index is 0.150. The van der Waals surface area contributed by atoms with Crippen LogP contribution in [0.15, 0.2) is 48.4 Å². The van der Waals surface area contributed by atoms with Gasteiger partial charge in [-0.3, -0.25) is 5.41 Å². The van der Waals surface area contributed by atoms with Gasteiger partial charge in [-0.05, 0) is 18.2 Å². The van der Waals surface area contributed by atoms with Gasteiger partial charge >= 0.3 is 0 Å². The van der Waals surface area contributed by atoms with Gasteiger partial charge in [-0.25, -0.2) is 4.39 Å². The van der Waals surface area contributed by atoms with E-state index >= 15 is 0 Å². The molecule has 0 aliphatic carbocycles. The lowest BCUT2D eigenvalue weighted by Gasteiger charge is -2.18. The number of halogens is 1. The molecular formula is C14H18FN5O. The Labute approximate surface area is 122 Å². The van der Waals surface area contributed by atoms with Crippen LogP contribution in [0.2, 0.25) is 0 Å². The average Bonchev–Trinajstić information content (AvgIpc) is 2.98. The van der Waals surface area contributed by atoms with Gasteiger partial charge in [0.25, 0.3) is 0 Å². The number of benzene rings is 1. The second kappa shape index (κ2) is 6.87. The summed E-state index contributed by atoms with van der Waals surface area (Å²) in [6, 6.07) is 5.53. The highest BCUT2D eigenvalue weighted by Gasteiger charge is 2.17. The van der Waals surface area contributed by atoms with Crippen molar-refractivity contribution in [2.45, 2.75) is 18.6 Å². The maximum atomic E-state index is 13.6. The van der Waals surface area contributed by atoms with Crippen LogP contribution in [-0.4, -0.2) is 17.9 Å². The second-order valence-corrected chi connectivity index (χ2v) is 4.59. The van der Waals surface area contributed by atoms with Crippen LogP contribution >= 0.6 is 0 Å². The molecule has 0 radical (unpaired) electrons. The van der Waals surface area contributed by atoms with Crippen LogP contribution in [0.4, 0.5) is 4.39 Å². The molecule has 0 fully saturated rings. The highest BCUT2D eigenvalue weighted by molar-refractivity contribution is 5.84. The van der Waals surface area contributed by atoms with Crippen LogP contribution in [0.25, 0.3) is 0 Å². The third kappa shape index (κ3) is 4.04. The summed E-state index contributed by atoms with van der Waals surface area (Å²) in [6.45, 7) is 0.287. The summed E-state index contributed by atoms with van der Waals surface area (Å²) in [5.74, 6) is -0.436. The average molecular weight is 291 g/mol.